The van der Waals surface area contributed by atoms with E-state index in [0.717, 1.165) is 17.7 Å². The first-order valence-corrected chi connectivity index (χ1v) is 14.5. The summed E-state index contributed by atoms with van der Waals surface area (Å²) >= 11 is 0. The van der Waals surface area contributed by atoms with Crippen molar-refractivity contribution in [2.24, 2.45) is 0 Å². The molecule has 0 radical (unpaired) electrons. The maximum atomic E-state index is 14.1. The molecule has 0 aliphatic carbocycles. The summed E-state index contributed by atoms with van der Waals surface area (Å²) in [6.45, 7) is 1.20. The average Bonchev–Trinajstić information content (AvgIpc) is 3.03. The number of rotatable bonds is 11. The van der Waals surface area contributed by atoms with Crippen molar-refractivity contribution < 1.29 is 46.9 Å². The van der Waals surface area contributed by atoms with Gasteiger partial charge in [0.25, 0.3) is 11.8 Å². The predicted molar refractivity (Wildman–Crippen MR) is 155 cm³/mol. The molecule has 2 aliphatic rings. The molecule has 46 heavy (non-hydrogen) atoms. The lowest BCUT2D eigenvalue weighted by Gasteiger charge is -2.44. The minimum atomic E-state index is -0.971. The van der Waals surface area contributed by atoms with Crippen LogP contribution in [0.25, 0.3) is 0 Å². The molecule has 0 saturated carbocycles. The van der Waals surface area contributed by atoms with E-state index in [0.29, 0.717) is 19.1 Å². The number of hydrogen-bond donors (Lipinski definition) is 1. The lowest BCUT2D eigenvalue weighted by atomic mass is 10.1. The minimum absolute atomic E-state index is 0.0180. The number of halogens is 2. The summed E-state index contributed by atoms with van der Waals surface area (Å²) in [5.41, 5.74) is -0.803. The van der Waals surface area contributed by atoms with Crippen LogP contribution < -0.4 is 15.5 Å². The van der Waals surface area contributed by atoms with Crippen molar-refractivity contribution in [1.82, 2.24) is 14.8 Å². The van der Waals surface area contributed by atoms with Crippen molar-refractivity contribution in [3.8, 4) is 5.75 Å². The van der Waals surface area contributed by atoms with E-state index >= 15 is 0 Å². The van der Waals surface area contributed by atoms with E-state index in [-0.39, 0.29) is 49.8 Å². The van der Waals surface area contributed by atoms with Crippen molar-refractivity contribution in [2.75, 3.05) is 13.4 Å². The van der Waals surface area contributed by atoms with Gasteiger partial charge in [0, 0.05) is 30.4 Å². The van der Waals surface area contributed by atoms with Gasteiger partial charge in [0.2, 0.25) is 18.0 Å². The van der Waals surface area contributed by atoms with E-state index in [4.69, 9.17) is 18.9 Å². The highest BCUT2D eigenvalue weighted by Crippen LogP contribution is 2.30. The number of fused-ring (bicyclic) bond motifs is 2. The van der Waals surface area contributed by atoms with Crippen molar-refractivity contribution >= 4 is 23.8 Å². The summed E-state index contributed by atoms with van der Waals surface area (Å²) < 4.78 is 50.2. The smallest absolute Gasteiger partial charge is 0.309 e. The normalized spacial score (nSPS) is 17.0. The third-order valence-electron chi connectivity index (χ3n) is 7.56. The molecule has 2 amide bonds. The van der Waals surface area contributed by atoms with Gasteiger partial charge in [-0.15, -0.1) is 0 Å². The number of carbonyl (C=O) groups excluding carboxylic acids is 4. The summed E-state index contributed by atoms with van der Waals surface area (Å²) in [4.78, 5) is 66.1. The van der Waals surface area contributed by atoms with E-state index in [2.05, 4.69) is 5.32 Å². The molecule has 12 nitrogen and oxygen atoms in total. The molecule has 2 unspecified atom stereocenters. The molecular formula is C32H31F2N3O9. The van der Waals surface area contributed by atoms with Crippen LogP contribution in [0.1, 0.15) is 58.2 Å². The summed E-state index contributed by atoms with van der Waals surface area (Å²) in [5.74, 6) is -5.14. The predicted octanol–water partition coefficient (Wildman–Crippen LogP) is 3.05. The first kappa shape index (κ1) is 32.3. The second-order valence-electron chi connectivity index (χ2n) is 10.7. The molecule has 1 aromatic heterocycles. The van der Waals surface area contributed by atoms with Crippen LogP contribution in [0.4, 0.5) is 8.78 Å². The van der Waals surface area contributed by atoms with E-state index in [9.17, 15) is 32.8 Å². The van der Waals surface area contributed by atoms with Gasteiger partial charge in [-0.3, -0.25) is 24.0 Å². The van der Waals surface area contributed by atoms with Crippen molar-refractivity contribution in [3.05, 3.63) is 99.0 Å². The van der Waals surface area contributed by atoms with Gasteiger partial charge in [-0.1, -0.05) is 36.4 Å². The summed E-state index contributed by atoms with van der Waals surface area (Å²) in [6, 6.07) is 11.6. The van der Waals surface area contributed by atoms with Gasteiger partial charge in [0.1, 0.15) is 23.8 Å². The zero-order chi connectivity index (χ0) is 32.8. The van der Waals surface area contributed by atoms with Crippen LogP contribution in [0.2, 0.25) is 0 Å². The number of pyridine rings is 1. The molecule has 0 spiro atoms. The van der Waals surface area contributed by atoms with Crippen LogP contribution in [0, 0.1) is 11.6 Å². The second-order valence-corrected chi connectivity index (χ2v) is 10.7. The summed E-state index contributed by atoms with van der Waals surface area (Å²) in [6.07, 6.45) is 0.489. The molecule has 1 fully saturated rings. The Hall–Kier alpha value is -5.11. The Morgan fingerprint density at radius 1 is 1.02 bits per heavy atom. The third kappa shape index (κ3) is 7.40. The Labute approximate surface area is 261 Å². The maximum Gasteiger partial charge on any atom is 0.309 e. The number of esters is 2. The van der Waals surface area contributed by atoms with Gasteiger partial charge >= 0.3 is 11.9 Å². The van der Waals surface area contributed by atoms with E-state index in [1.54, 1.807) is 24.3 Å². The first-order chi connectivity index (χ1) is 22.1. The summed E-state index contributed by atoms with van der Waals surface area (Å²) in [7, 11) is 0. The highest BCUT2D eigenvalue weighted by molar-refractivity contribution is 5.99. The average molecular weight is 640 g/mol. The number of nitrogens with zero attached hydrogens (tertiary/aromatic N) is 2. The fourth-order valence-electron chi connectivity index (χ4n) is 5.12. The monoisotopic (exact) mass is 639 g/mol. The van der Waals surface area contributed by atoms with Crippen molar-refractivity contribution in [1.29, 1.82) is 0 Å². The molecule has 2 atom stereocenters. The van der Waals surface area contributed by atoms with Crippen LogP contribution in [-0.4, -0.2) is 58.9 Å². The maximum absolute atomic E-state index is 14.1. The molecule has 3 heterocycles. The van der Waals surface area contributed by atoms with Gasteiger partial charge in [0.05, 0.1) is 26.0 Å². The molecule has 1 saturated heterocycles. The Balaban J connectivity index is 1.29. The largest absolute Gasteiger partial charge is 0.461 e. The number of carbonyl (C=O) groups is 4. The van der Waals surface area contributed by atoms with Gasteiger partial charge in [-0.2, -0.15) is 0 Å². The number of amides is 2. The molecule has 242 valence electrons. The number of aromatic nitrogens is 1. The molecular weight excluding hydrogens is 608 g/mol. The quantitative estimate of drug-likeness (QED) is 0.248. The van der Waals surface area contributed by atoms with E-state index in [1.165, 1.54) is 15.7 Å². The van der Waals surface area contributed by atoms with Crippen LogP contribution in [0.3, 0.4) is 0 Å². The van der Waals surface area contributed by atoms with Crippen LogP contribution in [-0.2, 0) is 43.5 Å². The lowest BCUT2D eigenvalue weighted by molar-refractivity contribution is -0.155. The number of benzene rings is 2. The highest BCUT2D eigenvalue weighted by Gasteiger charge is 2.41. The Morgan fingerprint density at radius 2 is 1.76 bits per heavy atom. The molecule has 1 N–H and O–H groups in total. The zero-order valence-electron chi connectivity index (χ0n) is 24.8. The van der Waals surface area contributed by atoms with Crippen molar-refractivity contribution in [2.45, 2.75) is 58.2 Å². The topological polar surface area (TPSA) is 142 Å². The molecule has 14 heteroatoms. The number of ether oxygens (including phenoxy) is 4. The highest BCUT2D eigenvalue weighted by atomic mass is 19.1. The van der Waals surface area contributed by atoms with Crippen molar-refractivity contribution in [3.63, 3.8) is 0 Å². The Bertz CT molecular complexity index is 1700. The standard InChI is InChI=1S/C32H31F2N3O9/c1-19-11-12-43-25-16-36-15-23(31(41)35-14-21-7-8-22(33)13-24(21)34)29(40)30(28(36)32(42)37(19)25)46-18-45-27(39)10-9-26(38)44-17-20-5-3-2-4-6-20/h2-8,13,15,19,25H,9-12,14,16-18H2,1H3,(H,35,41). The number of nitrogens with one attached hydrogen (secondary N) is 1. The van der Waals surface area contributed by atoms with Gasteiger partial charge in [0.15, 0.2) is 11.9 Å². The van der Waals surface area contributed by atoms with Crippen LogP contribution in [0.5, 0.6) is 5.75 Å². The second kappa shape index (κ2) is 14.3. The first-order valence-electron chi connectivity index (χ1n) is 14.5. The Kier molecular flexibility index (Phi) is 10.1. The third-order valence-corrected chi connectivity index (χ3v) is 7.56. The fourth-order valence-corrected chi connectivity index (χ4v) is 5.12. The fraction of sp³-hybridized carbons (Fsp3) is 0.344. The SMILES string of the molecule is CC1CCOC2Cn3cc(C(=O)NCc4ccc(F)cc4F)c(=O)c(OCOC(=O)CCC(=O)OCc4ccccc4)c3C(=O)N12. The number of hydrogen-bond acceptors (Lipinski definition) is 9. The molecule has 2 aromatic carbocycles. The van der Waals surface area contributed by atoms with Gasteiger partial charge in [-0.05, 0) is 25.0 Å². The van der Waals surface area contributed by atoms with Gasteiger partial charge in [-0.25, -0.2) is 8.78 Å². The van der Waals surface area contributed by atoms with Crippen LogP contribution in [0.15, 0.2) is 59.5 Å². The van der Waals surface area contributed by atoms with Crippen LogP contribution >= 0.6 is 0 Å². The molecule has 2 aliphatic heterocycles. The molecule has 3 aromatic rings. The minimum Gasteiger partial charge on any atom is -0.461 e. The van der Waals surface area contributed by atoms with E-state index < -0.39 is 65.2 Å². The zero-order valence-corrected chi connectivity index (χ0v) is 24.8. The van der Waals surface area contributed by atoms with Gasteiger partial charge < -0.3 is 33.7 Å². The lowest BCUT2D eigenvalue weighted by Crippen LogP contribution is -2.57. The Morgan fingerprint density at radius 3 is 2.50 bits per heavy atom. The molecule has 5 rings (SSSR count). The van der Waals surface area contributed by atoms with E-state index in [1.807, 2.05) is 13.0 Å². The summed E-state index contributed by atoms with van der Waals surface area (Å²) in [5, 5.41) is 2.42. The molecule has 0 bridgehead atoms.